The molecule has 5 rings (SSSR count). The number of piperazine rings is 1. The Morgan fingerprint density at radius 2 is 1.83 bits per heavy atom. The molecule has 1 fully saturated rings. The molecule has 0 radical (unpaired) electrons. The Morgan fingerprint density at radius 3 is 2.63 bits per heavy atom. The maximum Gasteiger partial charge on any atom is 0.244 e. The van der Waals surface area contributed by atoms with Crippen molar-refractivity contribution in [2.45, 2.75) is 45.9 Å². The van der Waals surface area contributed by atoms with Crippen LogP contribution >= 0.6 is 0 Å². The molecule has 0 aliphatic carbocycles. The molecule has 4 N–H and O–H groups in total. The Labute approximate surface area is 205 Å². The fraction of sp³-hybridized carbons (Fsp3) is 0.423. The predicted molar refractivity (Wildman–Crippen MR) is 137 cm³/mol. The number of amides is 1. The summed E-state index contributed by atoms with van der Waals surface area (Å²) in [6.07, 6.45) is -1.16. The number of carbonyl (C=O) groups is 1. The van der Waals surface area contributed by atoms with E-state index in [1.165, 1.54) is 0 Å². The summed E-state index contributed by atoms with van der Waals surface area (Å²) < 4.78 is 0. The molecule has 2 unspecified atom stereocenters. The van der Waals surface area contributed by atoms with Crippen LogP contribution in [0.25, 0.3) is 10.9 Å². The van der Waals surface area contributed by atoms with E-state index >= 15 is 0 Å². The van der Waals surface area contributed by atoms with Crippen LogP contribution in [0.1, 0.15) is 25.2 Å². The van der Waals surface area contributed by atoms with E-state index < -0.39 is 12.4 Å². The van der Waals surface area contributed by atoms with Gasteiger partial charge in [-0.15, -0.1) is 0 Å². The fourth-order valence-electron chi connectivity index (χ4n) is 4.78. The molecule has 2 aliphatic heterocycles. The number of rotatable bonds is 4. The van der Waals surface area contributed by atoms with Crippen molar-refractivity contribution in [3.8, 4) is 0 Å². The highest BCUT2D eigenvalue weighted by Gasteiger charge is 2.35. The van der Waals surface area contributed by atoms with Gasteiger partial charge in [0.25, 0.3) is 0 Å². The summed E-state index contributed by atoms with van der Waals surface area (Å²) in [5.74, 6) is 1.37. The van der Waals surface area contributed by atoms with Gasteiger partial charge in [-0.05, 0) is 36.6 Å². The third kappa shape index (κ3) is 4.93. The zero-order valence-electron chi connectivity index (χ0n) is 20.4. The number of nitrogens with zero attached hydrogens (tertiary/aromatic N) is 4. The highest BCUT2D eigenvalue weighted by atomic mass is 16.3. The van der Waals surface area contributed by atoms with Crippen LogP contribution in [-0.2, 0) is 11.3 Å². The molecule has 3 atom stereocenters. The lowest BCUT2D eigenvalue weighted by Crippen LogP contribution is -2.64. The lowest BCUT2D eigenvalue weighted by Gasteiger charge is -2.44. The first kappa shape index (κ1) is 23.5. The molecule has 1 amide bonds. The van der Waals surface area contributed by atoms with Crippen LogP contribution in [0.5, 0.6) is 0 Å². The van der Waals surface area contributed by atoms with Gasteiger partial charge in [0.1, 0.15) is 17.7 Å². The van der Waals surface area contributed by atoms with Crippen molar-refractivity contribution in [1.29, 1.82) is 0 Å². The molecule has 9 nitrogen and oxygen atoms in total. The summed E-state index contributed by atoms with van der Waals surface area (Å²) >= 11 is 0. The quantitative estimate of drug-likeness (QED) is 0.426. The first-order chi connectivity index (χ1) is 16.9. The molecular weight excluding hydrogens is 442 g/mol. The Bertz CT molecular complexity index is 1220. The molecular formula is C26H33N7O2. The summed E-state index contributed by atoms with van der Waals surface area (Å²) in [5.41, 5.74) is 2.81. The SMILES string of the molecule is Cc1ccccc1NC(O)N1CCN2Cc3nc(c4ccccc4n3)N[C@@H](C(C)C)C(=O)NC2C1. The van der Waals surface area contributed by atoms with Crippen LogP contribution in [-0.4, -0.2) is 69.0 Å². The Morgan fingerprint density at radius 1 is 1.06 bits per heavy atom. The van der Waals surface area contributed by atoms with Gasteiger partial charge in [-0.1, -0.05) is 44.2 Å². The molecule has 9 heteroatoms. The number of aryl methyl sites for hydroxylation is 1. The molecule has 0 saturated carbocycles. The smallest absolute Gasteiger partial charge is 0.244 e. The van der Waals surface area contributed by atoms with E-state index in [2.05, 4.69) is 20.9 Å². The number of para-hydroxylation sites is 2. The zero-order valence-corrected chi connectivity index (χ0v) is 20.4. The number of aliphatic hydroxyl groups is 1. The van der Waals surface area contributed by atoms with Gasteiger partial charge in [0.05, 0.1) is 18.2 Å². The number of benzene rings is 2. The molecule has 3 aromatic rings. The average Bonchev–Trinajstić information content (AvgIpc) is 2.84. The number of anilines is 2. The molecule has 2 bridgehead atoms. The van der Waals surface area contributed by atoms with E-state index in [1.54, 1.807) is 0 Å². The monoisotopic (exact) mass is 475 g/mol. The van der Waals surface area contributed by atoms with Gasteiger partial charge in [0, 0.05) is 30.7 Å². The number of aliphatic hydroxyl groups excluding tert-OH is 1. The normalized spacial score (nSPS) is 22.3. The topological polar surface area (TPSA) is 106 Å². The van der Waals surface area contributed by atoms with Crippen LogP contribution in [0.2, 0.25) is 0 Å². The Kier molecular flexibility index (Phi) is 6.55. The average molecular weight is 476 g/mol. The number of hydrogen-bond acceptors (Lipinski definition) is 8. The second kappa shape index (κ2) is 9.77. The first-order valence-electron chi connectivity index (χ1n) is 12.2. The zero-order chi connectivity index (χ0) is 24.5. The minimum atomic E-state index is -0.867. The number of fused-ring (bicyclic) bond motifs is 5. The van der Waals surface area contributed by atoms with Gasteiger partial charge >= 0.3 is 0 Å². The molecule has 2 aromatic carbocycles. The number of nitrogens with one attached hydrogen (secondary N) is 3. The third-order valence-corrected chi connectivity index (χ3v) is 6.84. The maximum absolute atomic E-state index is 13.4. The van der Waals surface area contributed by atoms with Crippen molar-refractivity contribution >= 4 is 28.3 Å². The van der Waals surface area contributed by atoms with Crippen LogP contribution in [0.4, 0.5) is 11.5 Å². The van der Waals surface area contributed by atoms with Crippen LogP contribution < -0.4 is 16.0 Å². The number of hydrogen-bond donors (Lipinski definition) is 4. The van der Waals surface area contributed by atoms with Crippen molar-refractivity contribution in [3.05, 3.63) is 59.9 Å². The lowest BCUT2D eigenvalue weighted by molar-refractivity contribution is -0.127. The van der Waals surface area contributed by atoms with Crippen molar-refractivity contribution in [2.75, 3.05) is 30.3 Å². The number of carbonyl (C=O) groups excluding carboxylic acids is 1. The second-order valence-electron chi connectivity index (χ2n) is 9.69. The number of aromatic nitrogens is 2. The summed E-state index contributed by atoms with van der Waals surface area (Å²) in [7, 11) is 0. The highest BCUT2D eigenvalue weighted by Crippen LogP contribution is 2.25. The van der Waals surface area contributed by atoms with Crippen LogP contribution in [0, 0.1) is 12.8 Å². The first-order valence-corrected chi connectivity index (χ1v) is 12.2. The predicted octanol–water partition coefficient (Wildman–Crippen LogP) is 2.34. The molecule has 1 saturated heterocycles. The van der Waals surface area contributed by atoms with Gasteiger partial charge in [-0.25, -0.2) is 9.97 Å². The Balaban J connectivity index is 1.42. The van der Waals surface area contributed by atoms with E-state index in [9.17, 15) is 9.90 Å². The molecule has 35 heavy (non-hydrogen) atoms. The minimum absolute atomic E-state index is 0.0491. The standard InChI is InChI=1S/C26H33N7O2/c1-16(2)23-25(34)30-22-15-33(26(35)28-19-10-6-4-8-17(19)3)13-12-32(22)14-21-27-20-11-7-5-9-18(20)24(29-21)31-23/h4-11,16,22-23,26,28,35H,12-15H2,1-3H3,(H,30,34)(H,27,29,31)/t22?,23-,26?/m0/s1. The highest BCUT2D eigenvalue weighted by molar-refractivity contribution is 5.92. The summed E-state index contributed by atoms with van der Waals surface area (Å²) in [5, 5.41) is 21.7. The van der Waals surface area contributed by atoms with Crippen molar-refractivity contribution in [3.63, 3.8) is 0 Å². The van der Waals surface area contributed by atoms with Crippen LogP contribution in [0.15, 0.2) is 48.5 Å². The summed E-state index contributed by atoms with van der Waals surface area (Å²) in [6, 6.07) is 15.3. The minimum Gasteiger partial charge on any atom is -0.361 e. The van der Waals surface area contributed by atoms with Gasteiger partial charge in [0.15, 0.2) is 6.35 Å². The van der Waals surface area contributed by atoms with Gasteiger partial charge in [-0.2, -0.15) is 0 Å². The lowest BCUT2D eigenvalue weighted by atomic mass is 10.0. The molecule has 184 valence electrons. The molecule has 3 heterocycles. The third-order valence-electron chi connectivity index (χ3n) is 6.84. The van der Waals surface area contributed by atoms with Crippen LogP contribution in [0.3, 0.4) is 0 Å². The molecule has 1 aromatic heterocycles. The van der Waals surface area contributed by atoms with Gasteiger partial charge in [0.2, 0.25) is 5.91 Å². The second-order valence-corrected chi connectivity index (χ2v) is 9.69. The summed E-state index contributed by atoms with van der Waals surface area (Å²) in [4.78, 5) is 27.2. The van der Waals surface area contributed by atoms with Crippen molar-refractivity contribution < 1.29 is 9.90 Å². The van der Waals surface area contributed by atoms with E-state index in [4.69, 9.17) is 9.97 Å². The van der Waals surface area contributed by atoms with E-state index in [0.717, 1.165) is 22.2 Å². The van der Waals surface area contributed by atoms with E-state index in [0.29, 0.717) is 37.8 Å². The van der Waals surface area contributed by atoms with E-state index in [1.807, 2.05) is 74.2 Å². The maximum atomic E-state index is 13.4. The largest absolute Gasteiger partial charge is 0.361 e. The van der Waals surface area contributed by atoms with Crippen molar-refractivity contribution in [2.24, 2.45) is 5.92 Å². The van der Waals surface area contributed by atoms with Gasteiger partial charge in [-0.3, -0.25) is 14.6 Å². The summed E-state index contributed by atoms with van der Waals surface area (Å²) in [6.45, 7) is 8.32. The Hall–Kier alpha value is -3.27. The van der Waals surface area contributed by atoms with Gasteiger partial charge < -0.3 is 21.1 Å². The molecule has 2 aliphatic rings. The van der Waals surface area contributed by atoms with E-state index in [-0.39, 0.29) is 18.0 Å². The van der Waals surface area contributed by atoms with Crippen molar-refractivity contribution in [1.82, 2.24) is 25.1 Å². The molecule has 0 spiro atoms. The fourth-order valence-corrected chi connectivity index (χ4v) is 4.78.